The molecule has 0 saturated heterocycles. The molecule has 2 rings (SSSR count). The van der Waals surface area contributed by atoms with Crippen molar-refractivity contribution in [3.8, 4) is 0 Å². The first-order valence-electron chi connectivity index (χ1n) is 4.20. The van der Waals surface area contributed by atoms with Gasteiger partial charge < -0.3 is 10.6 Å². The number of carbonyl (C=O) groups is 1. The van der Waals surface area contributed by atoms with Gasteiger partial charge in [0.2, 0.25) is 0 Å². The van der Waals surface area contributed by atoms with Crippen LogP contribution in [0.1, 0.15) is 12.8 Å². The second-order valence-electron chi connectivity index (χ2n) is 3.35. The third-order valence-corrected chi connectivity index (χ3v) is 3.83. The second-order valence-corrected chi connectivity index (χ2v) is 4.54. The molecule has 1 aliphatic carbocycles. The zero-order valence-corrected chi connectivity index (χ0v) is 8.33. The van der Waals surface area contributed by atoms with E-state index in [0.29, 0.717) is 5.82 Å². The van der Waals surface area contributed by atoms with Gasteiger partial charge in [0, 0.05) is 11.8 Å². The van der Waals surface area contributed by atoms with Crippen molar-refractivity contribution in [1.29, 1.82) is 0 Å². The Bertz CT molecular complexity index is 305. The predicted molar refractivity (Wildman–Crippen MR) is 54.0 cm³/mol. The van der Waals surface area contributed by atoms with Crippen LogP contribution >= 0.6 is 11.8 Å². The molecule has 1 saturated carbocycles. The number of carbonyl (C=O) groups excluding carboxylic acids is 1. The second kappa shape index (κ2) is 2.80. The lowest BCUT2D eigenvalue weighted by molar-refractivity contribution is -0.116. The maximum Gasteiger partial charge on any atom is 0.251 e. The van der Waals surface area contributed by atoms with E-state index in [2.05, 4.69) is 23.5 Å². The molecule has 2 aliphatic rings. The van der Waals surface area contributed by atoms with Crippen LogP contribution in [0.15, 0.2) is 24.2 Å². The Morgan fingerprint density at radius 3 is 2.69 bits per heavy atom. The van der Waals surface area contributed by atoms with Gasteiger partial charge in [-0.2, -0.15) is 11.8 Å². The highest BCUT2D eigenvalue weighted by molar-refractivity contribution is 8.00. The first-order chi connectivity index (χ1) is 6.16. The van der Waals surface area contributed by atoms with Crippen LogP contribution in [0.25, 0.3) is 0 Å². The number of amides is 1. The third kappa shape index (κ3) is 1.46. The first-order valence-corrected chi connectivity index (χ1v) is 5.43. The largest absolute Gasteiger partial charge is 0.344 e. The number of hydrogen-bond acceptors (Lipinski definition) is 3. The summed E-state index contributed by atoms with van der Waals surface area (Å²) in [5.74, 6) is 0.516. The summed E-state index contributed by atoms with van der Waals surface area (Å²) in [5, 5.41) is 5.72. The molecular formula is C9H12N2OS. The summed E-state index contributed by atoms with van der Waals surface area (Å²) in [6, 6.07) is 0. The van der Waals surface area contributed by atoms with Crippen LogP contribution in [0, 0.1) is 0 Å². The molecule has 0 unspecified atom stereocenters. The van der Waals surface area contributed by atoms with E-state index in [-0.39, 0.29) is 10.7 Å². The summed E-state index contributed by atoms with van der Waals surface area (Å²) in [6.07, 6.45) is 6.00. The molecule has 2 N–H and O–H groups in total. The molecule has 3 nitrogen and oxygen atoms in total. The van der Waals surface area contributed by atoms with E-state index in [1.54, 1.807) is 17.8 Å². The molecule has 0 radical (unpaired) electrons. The molecule has 1 heterocycles. The lowest BCUT2D eigenvalue weighted by Gasteiger charge is -2.24. The van der Waals surface area contributed by atoms with Crippen molar-refractivity contribution >= 4 is 17.7 Å². The van der Waals surface area contributed by atoms with Crippen molar-refractivity contribution < 1.29 is 4.79 Å². The number of hydrogen-bond donors (Lipinski definition) is 2. The lowest BCUT2D eigenvalue weighted by Crippen LogP contribution is -2.38. The van der Waals surface area contributed by atoms with Gasteiger partial charge in [-0.3, -0.25) is 4.79 Å². The number of nitrogens with one attached hydrogen (secondary N) is 2. The lowest BCUT2D eigenvalue weighted by atomic mass is 10.2. The molecule has 1 aliphatic heterocycles. The summed E-state index contributed by atoms with van der Waals surface area (Å²) >= 11 is 1.80. The van der Waals surface area contributed by atoms with Crippen LogP contribution in [0.5, 0.6) is 0 Å². The molecule has 1 fully saturated rings. The van der Waals surface area contributed by atoms with Crippen LogP contribution in [0.4, 0.5) is 0 Å². The van der Waals surface area contributed by atoms with Crippen molar-refractivity contribution in [2.24, 2.45) is 0 Å². The highest BCUT2D eigenvalue weighted by Gasteiger charge is 2.46. The van der Waals surface area contributed by atoms with E-state index in [0.717, 1.165) is 18.5 Å². The Labute approximate surface area is 81.7 Å². The van der Waals surface area contributed by atoms with E-state index in [9.17, 15) is 4.79 Å². The van der Waals surface area contributed by atoms with Gasteiger partial charge in [0.1, 0.15) is 5.82 Å². The minimum Gasteiger partial charge on any atom is -0.344 e. The first kappa shape index (κ1) is 8.69. The van der Waals surface area contributed by atoms with Gasteiger partial charge in [0.15, 0.2) is 0 Å². The molecule has 70 valence electrons. The Kier molecular flexibility index (Phi) is 1.87. The Balaban J connectivity index is 2.23. The maximum absolute atomic E-state index is 11.2. The summed E-state index contributed by atoms with van der Waals surface area (Å²) in [6.45, 7) is 3.70. The van der Waals surface area contributed by atoms with Gasteiger partial charge in [-0.05, 0) is 19.1 Å². The molecule has 0 bridgehead atoms. The Morgan fingerprint density at radius 2 is 2.23 bits per heavy atom. The molecule has 1 amide bonds. The average Bonchev–Trinajstić information content (AvgIpc) is 2.82. The van der Waals surface area contributed by atoms with Crippen molar-refractivity contribution in [1.82, 2.24) is 10.6 Å². The highest BCUT2D eigenvalue weighted by Crippen LogP contribution is 2.52. The molecule has 4 heteroatoms. The van der Waals surface area contributed by atoms with E-state index < -0.39 is 0 Å². The van der Waals surface area contributed by atoms with Crippen molar-refractivity contribution in [3.05, 3.63) is 24.2 Å². The molecule has 0 aromatic rings. The summed E-state index contributed by atoms with van der Waals surface area (Å²) in [4.78, 5) is 11.2. The maximum atomic E-state index is 11.2. The number of thioether (sulfide) groups is 1. The monoisotopic (exact) mass is 196 g/mol. The summed E-state index contributed by atoms with van der Waals surface area (Å²) in [5.41, 5.74) is 1.01. The highest BCUT2D eigenvalue weighted by atomic mass is 32.2. The van der Waals surface area contributed by atoms with Gasteiger partial charge in [-0.15, -0.1) is 0 Å². The quantitative estimate of drug-likeness (QED) is 0.691. The van der Waals surface area contributed by atoms with Crippen LogP contribution in [-0.2, 0) is 4.79 Å². The van der Waals surface area contributed by atoms with Crippen molar-refractivity contribution in [2.45, 2.75) is 17.6 Å². The zero-order chi connectivity index (χ0) is 9.47. The molecule has 0 spiro atoms. The number of rotatable bonds is 2. The van der Waals surface area contributed by atoms with E-state index in [1.165, 1.54) is 0 Å². The SMILES string of the molecule is C=C1NC(=O)C=C(C2(SC)CC2)N1. The minimum atomic E-state index is -0.0703. The third-order valence-electron chi connectivity index (χ3n) is 2.42. The molecular weight excluding hydrogens is 184 g/mol. The fourth-order valence-corrected chi connectivity index (χ4v) is 2.33. The Morgan fingerprint density at radius 1 is 1.54 bits per heavy atom. The van der Waals surface area contributed by atoms with Gasteiger partial charge in [-0.1, -0.05) is 6.58 Å². The van der Waals surface area contributed by atoms with Gasteiger partial charge in [-0.25, -0.2) is 0 Å². The molecule has 13 heavy (non-hydrogen) atoms. The van der Waals surface area contributed by atoms with Crippen LogP contribution in [0.3, 0.4) is 0 Å². The van der Waals surface area contributed by atoms with Crippen LogP contribution in [0.2, 0.25) is 0 Å². The van der Waals surface area contributed by atoms with Gasteiger partial charge >= 0.3 is 0 Å². The fraction of sp³-hybridized carbons (Fsp3) is 0.444. The molecule has 0 aromatic heterocycles. The summed E-state index contributed by atoms with van der Waals surface area (Å²) < 4.78 is 0.167. The van der Waals surface area contributed by atoms with Crippen LogP contribution in [-0.4, -0.2) is 16.9 Å². The molecule has 0 atom stereocenters. The zero-order valence-electron chi connectivity index (χ0n) is 7.52. The van der Waals surface area contributed by atoms with Gasteiger partial charge in [0.05, 0.1) is 4.75 Å². The van der Waals surface area contributed by atoms with E-state index >= 15 is 0 Å². The van der Waals surface area contributed by atoms with E-state index in [4.69, 9.17) is 0 Å². The van der Waals surface area contributed by atoms with E-state index in [1.807, 2.05) is 0 Å². The normalized spacial score (nSPS) is 24.5. The Hall–Kier alpha value is -0.900. The van der Waals surface area contributed by atoms with Crippen LogP contribution < -0.4 is 10.6 Å². The fourth-order valence-electron chi connectivity index (χ4n) is 1.49. The standard InChI is InChI=1S/C9H12N2OS/c1-6-10-7(5-8(12)11-6)9(13-2)3-4-9/h5,10H,1,3-4H2,2H3,(H,11,12). The minimum absolute atomic E-state index is 0.0703. The van der Waals surface area contributed by atoms with Crippen molar-refractivity contribution in [2.75, 3.05) is 6.26 Å². The smallest absolute Gasteiger partial charge is 0.251 e. The predicted octanol–water partition coefficient (Wildman–Crippen LogP) is 0.956. The van der Waals surface area contributed by atoms with Crippen molar-refractivity contribution in [3.63, 3.8) is 0 Å². The average molecular weight is 196 g/mol. The van der Waals surface area contributed by atoms with Gasteiger partial charge in [0.25, 0.3) is 5.91 Å². The summed E-state index contributed by atoms with van der Waals surface area (Å²) in [7, 11) is 0. The topological polar surface area (TPSA) is 41.1 Å². The molecule has 0 aromatic carbocycles.